The van der Waals surface area contributed by atoms with Gasteiger partial charge in [0.1, 0.15) is 12.3 Å². The van der Waals surface area contributed by atoms with Crippen LogP contribution < -0.4 is 15.4 Å². The topological polar surface area (TPSA) is 54.9 Å². The summed E-state index contributed by atoms with van der Waals surface area (Å²) in [7, 11) is 0. The first kappa shape index (κ1) is 18.0. The third-order valence-electron chi connectivity index (χ3n) is 4.51. The highest BCUT2D eigenvalue weighted by molar-refractivity contribution is 9.10. The van der Waals surface area contributed by atoms with Gasteiger partial charge in [0.25, 0.3) is 5.91 Å². The van der Waals surface area contributed by atoms with Gasteiger partial charge in [0.2, 0.25) is 0 Å². The lowest BCUT2D eigenvalue weighted by atomic mass is 10.1. The van der Waals surface area contributed by atoms with E-state index in [9.17, 15) is 4.79 Å². The van der Waals surface area contributed by atoms with E-state index in [0.717, 1.165) is 28.0 Å². The van der Waals surface area contributed by atoms with Crippen molar-refractivity contribution in [3.8, 4) is 5.75 Å². The predicted octanol–water partition coefficient (Wildman–Crippen LogP) is 3.47. The number of anilines is 1. The van der Waals surface area contributed by atoms with Gasteiger partial charge in [0, 0.05) is 15.7 Å². The summed E-state index contributed by atoms with van der Waals surface area (Å²) in [5.74, 6) is 0.625. The number of halogens is 1. The molecule has 1 amide bonds. The summed E-state index contributed by atoms with van der Waals surface area (Å²) in [6.07, 6.45) is 5.26. The fourth-order valence-electron chi connectivity index (χ4n) is 3.20. The molecule has 5 heteroatoms. The van der Waals surface area contributed by atoms with Crippen LogP contribution in [-0.4, -0.2) is 18.6 Å². The molecule has 3 rings (SSSR count). The normalized spacial score (nSPS) is 14.4. The molecule has 0 heterocycles. The first-order chi connectivity index (χ1) is 12.2. The monoisotopic (exact) mass is 403 g/mol. The van der Waals surface area contributed by atoms with Gasteiger partial charge in [-0.3, -0.25) is 4.79 Å². The first-order valence-electron chi connectivity index (χ1n) is 8.80. The Morgan fingerprint density at radius 2 is 1.92 bits per heavy atom. The molecule has 0 aliphatic heterocycles. The molecule has 0 atom stereocenters. The second-order valence-electron chi connectivity index (χ2n) is 6.44. The van der Waals surface area contributed by atoms with Crippen LogP contribution in [0, 0.1) is 0 Å². The van der Waals surface area contributed by atoms with Crippen LogP contribution in [0.1, 0.15) is 31.2 Å². The fourth-order valence-corrected chi connectivity index (χ4v) is 3.61. The minimum atomic E-state index is -0.153. The van der Waals surface area contributed by atoms with Gasteiger partial charge in [-0.1, -0.05) is 34.1 Å². The van der Waals surface area contributed by atoms with Gasteiger partial charge in [-0.25, -0.2) is 0 Å². The molecule has 1 fully saturated rings. The molecule has 2 aromatic rings. The molecular formula is C20H24BrN2O2+. The highest BCUT2D eigenvalue weighted by Crippen LogP contribution is 2.23. The summed E-state index contributed by atoms with van der Waals surface area (Å²) in [6, 6.07) is 16.1. The van der Waals surface area contributed by atoms with E-state index in [1.807, 2.05) is 42.5 Å². The maximum absolute atomic E-state index is 12.1. The Kier molecular flexibility index (Phi) is 6.48. The molecule has 0 radical (unpaired) electrons. The second kappa shape index (κ2) is 9.02. The Labute approximate surface area is 157 Å². The molecule has 4 nitrogen and oxygen atoms in total. The zero-order valence-electron chi connectivity index (χ0n) is 14.2. The number of carbonyl (C=O) groups excluding carboxylic acids is 1. The Morgan fingerprint density at radius 3 is 2.68 bits per heavy atom. The van der Waals surface area contributed by atoms with Crippen molar-refractivity contribution in [2.45, 2.75) is 38.3 Å². The SMILES string of the molecule is O=C(COc1ccc(Br)cc1C[NH2+]C1CCCC1)Nc1ccccc1. The standard InChI is InChI=1S/C20H23BrN2O2/c21-16-10-11-19(15(12-16)13-22-17-6-4-5-7-17)25-14-20(24)23-18-8-2-1-3-9-18/h1-3,8-12,17,22H,4-7,13-14H2,(H,23,24)/p+1. The zero-order chi connectivity index (χ0) is 17.5. The van der Waals surface area contributed by atoms with Crippen LogP contribution in [0.3, 0.4) is 0 Å². The third-order valence-corrected chi connectivity index (χ3v) is 5.00. The van der Waals surface area contributed by atoms with Crippen molar-refractivity contribution in [2.24, 2.45) is 0 Å². The van der Waals surface area contributed by atoms with E-state index in [-0.39, 0.29) is 12.5 Å². The van der Waals surface area contributed by atoms with Gasteiger partial charge in [0.15, 0.2) is 6.61 Å². The maximum Gasteiger partial charge on any atom is 0.262 e. The molecule has 0 spiro atoms. The number of hydrogen-bond acceptors (Lipinski definition) is 2. The van der Waals surface area contributed by atoms with Gasteiger partial charge in [0.05, 0.1) is 6.04 Å². The Balaban J connectivity index is 1.56. The van der Waals surface area contributed by atoms with Crippen LogP contribution in [-0.2, 0) is 11.3 Å². The molecular weight excluding hydrogens is 380 g/mol. The number of rotatable bonds is 7. The van der Waals surface area contributed by atoms with E-state index in [1.54, 1.807) is 0 Å². The minimum absolute atomic E-state index is 0.00690. The Bertz CT molecular complexity index is 700. The molecule has 3 N–H and O–H groups in total. The molecule has 0 saturated heterocycles. The van der Waals surface area contributed by atoms with E-state index in [0.29, 0.717) is 6.04 Å². The molecule has 1 aliphatic carbocycles. The number of nitrogens with two attached hydrogens (primary N) is 1. The van der Waals surface area contributed by atoms with Crippen molar-refractivity contribution in [3.05, 3.63) is 58.6 Å². The van der Waals surface area contributed by atoms with Crippen LogP contribution in [0.5, 0.6) is 5.75 Å². The number of amides is 1. The molecule has 0 bridgehead atoms. The number of quaternary nitrogens is 1. The van der Waals surface area contributed by atoms with Gasteiger partial charge < -0.3 is 15.4 Å². The first-order valence-corrected chi connectivity index (χ1v) is 9.59. The molecule has 0 aromatic heterocycles. The van der Waals surface area contributed by atoms with Crippen molar-refractivity contribution in [1.82, 2.24) is 0 Å². The maximum atomic E-state index is 12.1. The summed E-state index contributed by atoms with van der Waals surface area (Å²) in [6.45, 7) is 0.882. The highest BCUT2D eigenvalue weighted by atomic mass is 79.9. The highest BCUT2D eigenvalue weighted by Gasteiger charge is 2.18. The van der Waals surface area contributed by atoms with Crippen LogP contribution in [0.25, 0.3) is 0 Å². The van der Waals surface area contributed by atoms with Crippen LogP contribution in [0.15, 0.2) is 53.0 Å². The summed E-state index contributed by atoms with van der Waals surface area (Å²) >= 11 is 3.53. The van der Waals surface area contributed by atoms with Crippen molar-refractivity contribution in [3.63, 3.8) is 0 Å². The molecule has 25 heavy (non-hydrogen) atoms. The third kappa shape index (κ3) is 5.58. The van der Waals surface area contributed by atoms with Gasteiger partial charge in [-0.15, -0.1) is 0 Å². The lowest BCUT2D eigenvalue weighted by molar-refractivity contribution is -0.703. The number of nitrogens with one attached hydrogen (secondary N) is 1. The van der Waals surface area contributed by atoms with E-state index in [1.165, 1.54) is 25.7 Å². The van der Waals surface area contributed by atoms with Crippen molar-refractivity contribution < 1.29 is 14.8 Å². The largest absolute Gasteiger partial charge is 0.483 e. The van der Waals surface area contributed by atoms with Crippen molar-refractivity contribution >= 4 is 27.5 Å². The fraction of sp³-hybridized carbons (Fsp3) is 0.350. The summed E-state index contributed by atoms with van der Waals surface area (Å²) < 4.78 is 6.82. The minimum Gasteiger partial charge on any atom is -0.483 e. The van der Waals surface area contributed by atoms with Crippen molar-refractivity contribution in [1.29, 1.82) is 0 Å². The van der Waals surface area contributed by atoms with E-state index < -0.39 is 0 Å². The van der Waals surface area contributed by atoms with Gasteiger partial charge >= 0.3 is 0 Å². The summed E-state index contributed by atoms with van der Waals surface area (Å²) in [5, 5.41) is 5.23. The Hall–Kier alpha value is -1.85. The number of para-hydroxylation sites is 1. The Morgan fingerprint density at radius 1 is 1.16 bits per heavy atom. The summed E-state index contributed by atoms with van der Waals surface area (Å²) in [5.41, 5.74) is 1.90. The number of hydrogen-bond donors (Lipinski definition) is 2. The van der Waals surface area contributed by atoms with Crippen LogP contribution in [0.4, 0.5) is 5.69 Å². The van der Waals surface area contributed by atoms with E-state index in [4.69, 9.17) is 4.74 Å². The van der Waals surface area contributed by atoms with E-state index >= 15 is 0 Å². The van der Waals surface area contributed by atoms with Crippen LogP contribution in [0.2, 0.25) is 0 Å². The second-order valence-corrected chi connectivity index (χ2v) is 7.35. The predicted molar refractivity (Wildman–Crippen MR) is 103 cm³/mol. The average molecular weight is 404 g/mol. The van der Waals surface area contributed by atoms with Crippen molar-refractivity contribution in [2.75, 3.05) is 11.9 Å². The molecule has 1 aliphatic rings. The van der Waals surface area contributed by atoms with Gasteiger partial charge in [-0.2, -0.15) is 0 Å². The van der Waals surface area contributed by atoms with E-state index in [2.05, 4.69) is 32.6 Å². The average Bonchev–Trinajstić information content (AvgIpc) is 3.13. The molecule has 2 aromatic carbocycles. The molecule has 132 valence electrons. The lowest BCUT2D eigenvalue weighted by Gasteiger charge is -2.13. The smallest absolute Gasteiger partial charge is 0.262 e. The number of ether oxygens (including phenoxy) is 1. The molecule has 1 saturated carbocycles. The quantitative estimate of drug-likeness (QED) is 0.743. The van der Waals surface area contributed by atoms with Crippen LogP contribution >= 0.6 is 15.9 Å². The number of benzene rings is 2. The summed E-state index contributed by atoms with van der Waals surface area (Å²) in [4.78, 5) is 12.1. The zero-order valence-corrected chi connectivity index (χ0v) is 15.8. The van der Waals surface area contributed by atoms with Gasteiger partial charge in [-0.05, 0) is 56.0 Å². The molecule has 0 unspecified atom stereocenters. The lowest BCUT2D eigenvalue weighted by Crippen LogP contribution is -2.87. The number of carbonyl (C=O) groups is 1.